The van der Waals surface area contributed by atoms with Gasteiger partial charge in [-0.1, -0.05) is 5.16 Å². The van der Waals surface area contributed by atoms with Gasteiger partial charge in [0.2, 0.25) is 0 Å². The highest BCUT2D eigenvalue weighted by atomic mass is 16.5. The van der Waals surface area contributed by atoms with Crippen LogP contribution in [0.15, 0.2) is 22.9 Å². The summed E-state index contributed by atoms with van der Waals surface area (Å²) in [6.45, 7) is 4.68. The van der Waals surface area contributed by atoms with Crippen LogP contribution in [0, 0.1) is 13.8 Å². The zero-order chi connectivity index (χ0) is 13.1. The van der Waals surface area contributed by atoms with Crippen LogP contribution in [-0.4, -0.2) is 18.8 Å². The Morgan fingerprint density at radius 1 is 1.28 bits per heavy atom. The minimum Gasteiger partial charge on any atom is -0.496 e. The zero-order valence-electron chi connectivity index (χ0n) is 11.0. The van der Waals surface area contributed by atoms with Gasteiger partial charge in [0.15, 0.2) is 5.76 Å². The number of hydrogen-bond donors (Lipinski definition) is 1. The van der Waals surface area contributed by atoms with Gasteiger partial charge in [-0.15, -0.1) is 0 Å². The Balaban J connectivity index is 2.51. The summed E-state index contributed by atoms with van der Waals surface area (Å²) in [4.78, 5) is 0. The number of benzene rings is 1. The fraction of sp³-hybridized carbons (Fsp3) is 0.357. The van der Waals surface area contributed by atoms with Crippen molar-refractivity contribution in [1.82, 2.24) is 5.16 Å². The van der Waals surface area contributed by atoms with Gasteiger partial charge in [0.05, 0.1) is 13.3 Å². The van der Waals surface area contributed by atoms with Gasteiger partial charge in [-0.25, -0.2) is 0 Å². The topological polar surface area (TPSA) is 61.3 Å². The number of rotatable bonds is 4. The molecule has 0 bridgehead atoms. The Labute approximate surface area is 107 Å². The van der Waals surface area contributed by atoms with Gasteiger partial charge >= 0.3 is 0 Å². The first-order valence-corrected chi connectivity index (χ1v) is 5.97. The minimum atomic E-state index is 0.586. The Kier molecular flexibility index (Phi) is 3.67. The first-order valence-electron chi connectivity index (χ1n) is 5.97. The Hall–Kier alpha value is -1.81. The molecule has 96 valence electrons. The van der Waals surface area contributed by atoms with Crippen molar-refractivity contribution in [3.05, 3.63) is 35.0 Å². The summed E-state index contributed by atoms with van der Waals surface area (Å²) in [5.74, 6) is 1.69. The van der Waals surface area contributed by atoms with Gasteiger partial charge in [-0.2, -0.15) is 0 Å². The summed E-state index contributed by atoms with van der Waals surface area (Å²) in [5, 5.41) is 3.87. The summed E-state index contributed by atoms with van der Waals surface area (Å²) in [6, 6.07) is 3.95. The number of nitrogens with zero attached hydrogens (tertiary/aromatic N) is 1. The third kappa shape index (κ3) is 2.11. The van der Waals surface area contributed by atoms with E-state index < -0.39 is 0 Å². The maximum atomic E-state index is 5.59. The van der Waals surface area contributed by atoms with E-state index >= 15 is 0 Å². The van der Waals surface area contributed by atoms with Crippen LogP contribution in [-0.2, 0) is 6.42 Å². The first kappa shape index (κ1) is 12.6. The molecule has 2 aromatic rings. The molecule has 0 fully saturated rings. The van der Waals surface area contributed by atoms with Gasteiger partial charge in [0, 0.05) is 11.1 Å². The summed E-state index contributed by atoms with van der Waals surface area (Å²) in [6.07, 6.45) is 2.50. The molecule has 0 aliphatic carbocycles. The molecule has 0 unspecified atom stereocenters. The fourth-order valence-corrected chi connectivity index (χ4v) is 2.08. The molecule has 0 spiro atoms. The maximum Gasteiger partial charge on any atom is 0.170 e. The lowest BCUT2D eigenvalue weighted by Gasteiger charge is -2.11. The second-order valence-corrected chi connectivity index (χ2v) is 4.28. The Bertz CT molecular complexity index is 547. The van der Waals surface area contributed by atoms with Crippen LogP contribution in [0.4, 0.5) is 0 Å². The molecule has 0 radical (unpaired) electrons. The predicted octanol–water partition coefficient (Wildman–Crippen LogP) is 2.47. The first-order chi connectivity index (χ1) is 8.69. The van der Waals surface area contributed by atoms with Crippen LogP contribution in [0.3, 0.4) is 0 Å². The van der Waals surface area contributed by atoms with Gasteiger partial charge in [-0.05, 0) is 50.1 Å². The Morgan fingerprint density at radius 3 is 2.72 bits per heavy atom. The minimum absolute atomic E-state index is 0.586. The van der Waals surface area contributed by atoms with Crippen molar-refractivity contribution < 1.29 is 9.26 Å². The van der Waals surface area contributed by atoms with E-state index in [-0.39, 0.29) is 0 Å². The van der Waals surface area contributed by atoms with E-state index in [1.807, 2.05) is 19.1 Å². The van der Waals surface area contributed by atoms with Crippen LogP contribution >= 0.6 is 0 Å². The molecule has 2 N–H and O–H groups in total. The smallest absolute Gasteiger partial charge is 0.170 e. The number of nitrogens with two attached hydrogens (primary N) is 1. The molecule has 0 aliphatic rings. The summed E-state index contributed by atoms with van der Waals surface area (Å²) in [7, 11) is 1.68. The molecule has 2 rings (SSSR count). The van der Waals surface area contributed by atoms with E-state index in [2.05, 4.69) is 12.1 Å². The molecule has 1 aromatic carbocycles. The van der Waals surface area contributed by atoms with Crippen molar-refractivity contribution in [2.45, 2.75) is 20.3 Å². The van der Waals surface area contributed by atoms with Gasteiger partial charge in [0.25, 0.3) is 0 Å². The average molecular weight is 246 g/mol. The highest BCUT2D eigenvalue weighted by Crippen LogP contribution is 2.32. The summed E-state index contributed by atoms with van der Waals surface area (Å²) < 4.78 is 10.7. The monoisotopic (exact) mass is 246 g/mol. The lowest BCUT2D eigenvalue weighted by atomic mass is 9.98. The number of aromatic nitrogens is 1. The largest absolute Gasteiger partial charge is 0.496 e. The molecule has 0 amide bonds. The van der Waals surface area contributed by atoms with E-state index in [1.165, 1.54) is 0 Å². The van der Waals surface area contributed by atoms with Gasteiger partial charge < -0.3 is 15.0 Å². The van der Waals surface area contributed by atoms with Crippen molar-refractivity contribution >= 4 is 0 Å². The molecule has 0 saturated carbocycles. The van der Waals surface area contributed by atoms with Crippen LogP contribution in [0.5, 0.6) is 5.75 Å². The predicted molar refractivity (Wildman–Crippen MR) is 70.7 cm³/mol. The third-order valence-electron chi connectivity index (χ3n) is 3.26. The number of methoxy groups -OCH3 is 1. The van der Waals surface area contributed by atoms with Gasteiger partial charge in [-0.3, -0.25) is 0 Å². The summed E-state index contributed by atoms with van der Waals surface area (Å²) in [5.41, 5.74) is 9.95. The third-order valence-corrected chi connectivity index (χ3v) is 3.26. The molecule has 1 aromatic heterocycles. The molecule has 4 heteroatoms. The van der Waals surface area contributed by atoms with Crippen molar-refractivity contribution in [3.8, 4) is 17.1 Å². The van der Waals surface area contributed by atoms with Crippen molar-refractivity contribution in [2.75, 3.05) is 13.7 Å². The average Bonchev–Trinajstić information content (AvgIpc) is 2.81. The zero-order valence-corrected chi connectivity index (χ0v) is 11.0. The maximum absolute atomic E-state index is 5.59. The molecule has 0 aliphatic heterocycles. The van der Waals surface area contributed by atoms with E-state index in [4.69, 9.17) is 15.0 Å². The lowest BCUT2D eigenvalue weighted by molar-refractivity contribution is 0.411. The molecular formula is C14H18N2O2. The van der Waals surface area contributed by atoms with Crippen LogP contribution < -0.4 is 10.5 Å². The molecule has 4 nitrogen and oxygen atoms in total. The quantitative estimate of drug-likeness (QED) is 0.900. The second-order valence-electron chi connectivity index (χ2n) is 4.28. The van der Waals surface area contributed by atoms with Crippen molar-refractivity contribution in [2.24, 2.45) is 5.73 Å². The van der Waals surface area contributed by atoms with Crippen molar-refractivity contribution in [3.63, 3.8) is 0 Å². The van der Waals surface area contributed by atoms with Crippen LogP contribution in [0.1, 0.15) is 16.7 Å². The van der Waals surface area contributed by atoms with E-state index in [1.54, 1.807) is 13.3 Å². The highest BCUT2D eigenvalue weighted by Gasteiger charge is 2.15. The molecule has 0 atom stereocenters. The number of ether oxygens (including phenoxy) is 1. The molecule has 0 saturated heterocycles. The highest BCUT2D eigenvalue weighted by molar-refractivity contribution is 5.68. The van der Waals surface area contributed by atoms with Crippen molar-refractivity contribution in [1.29, 1.82) is 0 Å². The van der Waals surface area contributed by atoms with Crippen LogP contribution in [0.2, 0.25) is 0 Å². The second kappa shape index (κ2) is 5.23. The van der Waals surface area contributed by atoms with E-state index in [0.29, 0.717) is 6.54 Å². The van der Waals surface area contributed by atoms with E-state index in [0.717, 1.165) is 40.2 Å². The van der Waals surface area contributed by atoms with Gasteiger partial charge in [0.1, 0.15) is 5.75 Å². The fourth-order valence-electron chi connectivity index (χ4n) is 2.08. The lowest BCUT2D eigenvalue weighted by Crippen LogP contribution is -2.03. The molecule has 1 heterocycles. The molecule has 18 heavy (non-hydrogen) atoms. The molecular weight excluding hydrogens is 228 g/mol. The Morgan fingerprint density at radius 2 is 2.06 bits per heavy atom. The van der Waals surface area contributed by atoms with E-state index in [9.17, 15) is 0 Å². The number of hydrogen-bond acceptors (Lipinski definition) is 4. The summed E-state index contributed by atoms with van der Waals surface area (Å²) >= 11 is 0. The SMILES string of the molecule is COc1ccc(-c2oncc2CCN)c(C)c1C. The standard InChI is InChI=1S/C14H18N2O2/c1-9-10(2)13(17-3)5-4-12(9)14-11(6-7-15)8-16-18-14/h4-5,8H,6-7,15H2,1-3H3. The van der Waals surface area contributed by atoms with Crippen LogP contribution in [0.25, 0.3) is 11.3 Å². The normalized spacial score (nSPS) is 10.7.